The highest BCUT2D eigenvalue weighted by molar-refractivity contribution is 6.03. The topological polar surface area (TPSA) is 112 Å². The molecule has 0 atom stereocenters. The van der Waals surface area contributed by atoms with Crippen LogP contribution in [0.1, 0.15) is 19.9 Å². The van der Waals surface area contributed by atoms with Crippen molar-refractivity contribution < 1.29 is 9.90 Å². The molecule has 1 fully saturated rings. The second-order valence-corrected chi connectivity index (χ2v) is 8.10. The third-order valence-corrected chi connectivity index (χ3v) is 5.70. The minimum Gasteiger partial charge on any atom is -0.465 e. The smallest absolute Gasteiger partial charge is 0.407 e. The Morgan fingerprint density at radius 3 is 2.47 bits per heavy atom. The first kappa shape index (κ1) is 20.0. The predicted octanol–water partition coefficient (Wildman–Crippen LogP) is 3.50. The molecule has 3 aromatic heterocycles. The predicted molar refractivity (Wildman–Crippen MR) is 123 cm³/mol. The molecule has 0 spiro atoms. The molecule has 1 aliphatic rings. The Labute approximate surface area is 184 Å². The average molecular weight is 432 g/mol. The van der Waals surface area contributed by atoms with E-state index < -0.39 is 6.09 Å². The van der Waals surface area contributed by atoms with Crippen LogP contribution in [0.2, 0.25) is 0 Å². The molecule has 5 rings (SSSR count). The van der Waals surface area contributed by atoms with Crippen LogP contribution in [-0.4, -0.2) is 67.0 Å². The Bertz CT molecular complexity index is 1280. The Kier molecular flexibility index (Phi) is 4.96. The van der Waals surface area contributed by atoms with Gasteiger partial charge in [-0.05, 0) is 26.0 Å². The molecule has 1 aliphatic heterocycles. The molecule has 10 nitrogen and oxygen atoms in total. The first-order valence-corrected chi connectivity index (χ1v) is 10.6. The van der Waals surface area contributed by atoms with Crippen LogP contribution >= 0.6 is 0 Å². The van der Waals surface area contributed by atoms with Crippen LogP contribution < -0.4 is 10.2 Å². The van der Waals surface area contributed by atoms with Crippen molar-refractivity contribution in [2.45, 2.75) is 19.9 Å². The number of nitrogens with one attached hydrogen (secondary N) is 1. The SMILES string of the molecule is CC(C)n1ncc2ccc3cnc(Nc4ccc(N5CCN(C(=O)O)CC5)cn4)nc3c21. The zero-order chi connectivity index (χ0) is 22.2. The van der Waals surface area contributed by atoms with Gasteiger partial charge < -0.3 is 20.2 Å². The molecule has 0 saturated carbocycles. The number of rotatable bonds is 4. The van der Waals surface area contributed by atoms with Gasteiger partial charge in [0.15, 0.2) is 0 Å². The Morgan fingerprint density at radius 1 is 1.00 bits per heavy atom. The second-order valence-electron chi connectivity index (χ2n) is 8.10. The maximum atomic E-state index is 11.1. The molecule has 32 heavy (non-hydrogen) atoms. The van der Waals surface area contributed by atoms with Gasteiger partial charge in [0.05, 0.1) is 23.6 Å². The lowest BCUT2D eigenvalue weighted by molar-refractivity contribution is 0.142. The normalized spacial score (nSPS) is 14.5. The monoisotopic (exact) mass is 432 g/mol. The third kappa shape index (κ3) is 3.64. The fraction of sp³-hybridized carbons (Fsp3) is 0.318. The maximum absolute atomic E-state index is 11.1. The lowest BCUT2D eigenvalue weighted by Crippen LogP contribution is -2.48. The fourth-order valence-corrected chi connectivity index (χ4v) is 3.99. The molecule has 4 heterocycles. The van der Waals surface area contributed by atoms with Crippen molar-refractivity contribution in [2.24, 2.45) is 0 Å². The number of benzene rings is 1. The summed E-state index contributed by atoms with van der Waals surface area (Å²) >= 11 is 0. The van der Waals surface area contributed by atoms with E-state index >= 15 is 0 Å². The van der Waals surface area contributed by atoms with Gasteiger partial charge in [0.25, 0.3) is 0 Å². The van der Waals surface area contributed by atoms with Crippen LogP contribution in [0, 0.1) is 0 Å². The standard InChI is InChI=1S/C22H24N8O2/c1-14(2)30-20-16(12-25-30)4-3-15-11-24-21(27-19(15)20)26-18-6-5-17(13-23-18)28-7-9-29(10-8-28)22(31)32/h3-6,11-14H,7-10H2,1-2H3,(H,31,32)(H,23,24,26,27). The number of carbonyl (C=O) groups is 1. The highest BCUT2D eigenvalue weighted by Gasteiger charge is 2.20. The molecular formula is C22H24N8O2. The van der Waals surface area contributed by atoms with Gasteiger partial charge in [-0.25, -0.2) is 19.7 Å². The molecule has 0 bridgehead atoms. The van der Waals surface area contributed by atoms with E-state index in [0.29, 0.717) is 37.9 Å². The van der Waals surface area contributed by atoms with E-state index in [1.807, 2.05) is 35.1 Å². The molecule has 4 aromatic rings. The summed E-state index contributed by atoms with van der Waals surface area (Å²) in [4.78, 5) is 28.3. The van der Waals surface area contributed by atoms with Crippen LogP contribution in [0.5, 0.6) is 0 Å². The number of fused-ring (bicyclic) bond motifs is 3. The molecule has 1 saturated heterocycles. The van der Waals surface area contributed by atoms with Crippen molar-refractivity contribution in [2.75, 3.05) is 36.4 Å². The Hall–Kier alpha value is -3.95. The summed E-state index contributed by atoms with van der Waals surface area (Å²) in [6.45, 7) is 6.46. The van der Waals surface area contributed by atoms with Gasteiger partial charge in [-0.15, -0.1) is 0 Å². The number of aromatic nitrogens is 5. The van der Waals surface area contributed by atoms with E-state index in [2.05, 4.69) is 39.1 Å². The molecule has 10 heteroatoms. The summed E-state index contributed by atoms with van der Waals surface area (Å²) in [6, 6.07) is 8.11. The van der Waals surface area contributed by atoms with Gasteiger partial charge in [-0.2, -0.15) is 5.10 Å². The minimum atomic E-state index is -0.869. The van der Waals surface area contributed by atoms with E-state index in [-0.39, 0.29) is 6.04 Å². The number of hydrogen-bond acceptors (Lipinski definition) is 7. The summed E-state index contributed by atoms with van der Waals surface area (Å²) in [7, 11) is 0. The zero-order valence-corrected chi connectivity index (χ0v) is 17.9. The second kappa shape index (κ2) is 7.95. The average Bonchev–Trinajstić information content (AvgIpc) is 3.25. The van der Waals surface area contributed by atoms with E-state index in [0.717, 1.165) is 27.5 Å². The van der Waals surface area contributed by atoms with Crippen LogP contribution in [-0.2, 0) is 0 Å². The molecule has 164 valence electrons. The quantitative estimate of drug-likeness (QED) is 0.504. The van der Waals surface area contributed by atoms with Crippen LogP contribution in [0.3, 0.4) is 0 Å². The van der Waals surface area contributed by atoms with Crippen LogP contribution in [0.25, 0.3) is 21.8 Å². The van der Waals surface area contributed by atoms with Crippen molar-refractivity contribution >= 4 is 45.4 Å². The highest BCUT2D eigenvalue weighted by atomic mass is 16.4. The lowest BCUT2D eigenvalue weighted by Gasteiger charge is -2.34. The summed E-state index contributed by atoms with van der Waals surface area (Å²) in [5.41, 5.74) is 2.80. The number of carboxylic acid groups (broad SMARTS) is 1. The van der Waals surface area contributed by atoms with E-state index in [4.69, 9.17) is 10.1 Å². The first-order valence-electron chi connectivity index (χ1n) is 10.6. The summed E-state index contributed by atoms with van der Waals surface area (Å²) in [6.07, 6.45) is 4.58. The van der Waals surface area contributed by atoms with Gasteiger partial charge in [0.2, 0.25) is 5.95 Å². The number of anilines is 3. The molecule has 1 amide bonds. The molecule has 2 N–H and O–H groups in total. The van der Waals surface area contributed by atoms with Crippen molar-refractivity contribution in [3.8, 4) is 0 Å². The molecule has 0 radical (unpaired) electrons. The molecule has 0 aliphatic carbocycles. The van der Waals surface area contributed by atoms with Gasteiger partial charge in [0, 0.05) is 49.2 Å². The summed E-state index contributed by atoms with van der Waals surface area (Å²) in [5.74, 6) is 1.11. The lowest BCUT2D eigenvalue weighted by atomic mass is 10.2. The van der Waals surface area contributed by atoms with Crippen LogP contribution in [0.4, 0.5) is 22.2 Å². The largest absolute Gasteiger partial charge is 0.465 e. The van der Waals surface area contributed by atoms with Crippen molar-refractivity contribution in [1.29, 1.82) is 0 Å². The minimum absolute atomic E-state index is 0.219. The number of nitrogens with zero attached hydrogens (tertiary/aromatic N) is 7. The van der Waals surface area contributed by atoms with E-state index in [1.165, 1.54) is 4.90 Å². The van der Waals surface area contributed by atoms with Crippen molar-refractivity contribution in [3.63, 3.8) is 0 Å². The van der Waals surface area contributed by atoms with Crippen molar-refractivity contribution in [3.05, 3.63) is 42.9 Å². The van der Waals surface area contributed by atoms with Gasteiger partial charge in [0.1, 0.15) is 11.3 Å². The Balaban J connectivity index is 1.37. The van der Waals surface area contributed by atoms with Gasteiger partial charge in [-0.1, -0.05) is 12.1 Å². The van der Waals surface area contributed by atoms with Crippen LogP contribution in [0.15, 0.2) is 42.9 Å². The highest BCUT2D eigenvalue weighted by Crippen LogP contribution is 2.27. The number of amides is 1. The number of pyridine rings is 1. The number of hydrogen-bond donors (Lipinski definition) is 2. The summed E-state index contributed by atoms with van der Waals surface area (Å²) in [5, 5.41) is 18.8. The Morgan fingerprint density at radius 2 is 1.78 bits per heavy atom. The maximum Gasteiger partial charge on any atom is 0.407 e. The first-order chi connectivity index (χ1) is 15.5. The summed E-state index contributed by atoms with van der Waals surface area (Å²) < 4.78 is 1.98. The molecule has 1 aromatic carbocycles. The van der Waals surface area contributed by atoms with Gasteiger partial charge in [-0.3, -0.25) is 4.68 Å². The zero-order valence-electron chi connectivity index (χ0n) is 17.9. The number of piperazine rings is 1. The van der Waals surface area contributed by atoms with Gasteiger partial charge >= 0.3 is 6.09 Å². The van der Waals surface area contributed by atoms with E-state index in [9.17, 15) is 4.79 Å². The molecular weight excluding hydrogens is 408 g/mol. The fourth-order valence-electron chi connectivity index (χ4n) is 3.99. The van der Waals surface area contributed by atoms with Crippen molar-refractivity contribution in [1.82, 2.24) is 29.6 Å². The third-order valence-electron chi connectivity index (χ3n) is 5.70. The molecule has 0 unspecified atom stereocenters. The van der Waals surface area contributed by atoms with E-state index in [1.54, 1.807) is 12.4 Å².